The maximum atomic E-state index is 10.1. The first-order valence-corrected chi connectivity index (χ1v) is 7.58. The van der Waals surface area contributed by atoms with Crippen molar-refractivity contribution >= 4 is 12.4 Å². The molecular weight excluding hydrogens is 243 g/mol. The molecule has 102 valence electrons. The first-order valence-electron chi connectivity index (χ1n) is 7.58. The minimum atomic E-state index is -0.252. The van der Waals surface area contributed by atoms with E-state index in [1.165, 1.54) is 22.3 Å². The van der Waals surface area contributed by atoms with Gasteiger partial charge in [0, 0.05) is 0 Å². The zero-order chi connectivity index (χ0) is 13.9. The molecule has 0 fully saturated rings. The molecule has 1 aliphatic rings. The lowest BCUT2D eigenvalue weighted by molar-refractivity contribution is 0.574. The summed E-state index contributed by atoms with van der Waals surface area (Å²) >= 11 is 0. The highest BCUT2D eigenvalue weighted by Gasteiger charge is 2.22. The molecule has 0 saturated carbocycles. The van der Waals surface area contributed by atoms with Crippen LogP contribution in [-0.4, -0.2) is 11.9 Å². The Morgan fingerprint density at radius 3 is 2.65 bits per heavy atom. The van der Waals surface area contributed by atoms with Crippen molar-refractivity contribution in [2.75, 3.05) is 0 Å². The summed E-state index contributed by atoms with van der Waals surface area (Å²) in [5.41, 5.74) is 6.55. The Morgan fingerprint density at radius 1 is 1.05 bits per heavy atom. The molecule has 0 radical (unpaired) electrons. The monoisotopic (exact) mass is 264 g/mol. The van der Waals surface area contributed by atoms with E-state index in [1.54, 1.807) is 0 Å². The van der Waals surface area contributed by atoms with Crippen molar-refractivity contribution in [3.05, 3.63) is 64.7 Å². The van der Waals surface area contributed by atoms with E-state index in [9.17, 15) is 5.02 Å². The van der Waals surface area contributed by atoms with Crippen molar-refractivity contribution in [2.45, 2.75) is 38.9 Å². The molecule has 0 aliphatic carbocycles. The predicted octanol–water partition coefficient (Wildman–Crippen LogP) is 2.92. The second-order valence-corrected chi connectivity index (χ2v) is 5.93. The lowest BCUT2D eigenvalue weighted by Gasteiger charge is -2.19. The van der Waals surface area contributed by atoms with Gasteiger partial charge in [0.25, 0.3) is 0 Å². The molecule has 0 spiro atoms. The van der Waals surface area contributed by atoms with Gasteiger partial charge < -0.3 is 5.02 Å². The van der Waals surface area contributed by atoms with E-state index in [0.29, 0.717) is 0 Å². The van der Waals surface area contributed by atoms with Crippen molar-refractivity contribution in [3.8, 4) is 0 Å². The van der Waals surface area contributed by atoms with Crippen LogP contribution in [0, 0.1) is 6.92 Å². The molecular formula is C18H21BO. The molecule has 0 amide bonds. The summed E-state index contributed by atoms with van der Waals surface area (Å²) in [7, 11) is 0. The Morgan fingerprint density at radius 2 is 1.85 bits per heavy atom. The van der Waals surface area contributed by atoms with Gasteiger partial charge in [-0.2, -0.15) is 0 Å². The number of fused-ring (bicyclic) bond motifs is 1. The van der Waals surface area contributed by atoms with E-state index in [2.05, 4.69) is 49.4 Å². The van der Waals surface area contributed by atoms with Gasteiger partial charge in [-0.15, -0.1) is 0 Å². The lowest BCUT2D eigenvalue weighted by atomic mass is 9.53. The maximum absolute atomic E-state index is 10.1. The van der Waals surface area contributed by atoms with Crippen LogP contribution in [-0.2, 0) is 19.3 Å². The molecule has 3 rings (SSSR count). The summed E-state index contributed by atoms with van der Waals surface area (Å²) in [6.07, 6.45) is 5.25. The van der Waals surface area contributed by atoms with Crippen molar-refractivity contribution < 1.29 is 5.02 Å². The molecule has 2 aromatic rings. The number of hydrogen-bond donors (Lipinski definition) is 1. The molecule has 20 heavy (non-hydrogen) atoms. The highest BCUT2D eigenvalue weighted by atomic mass is 16.2. The van der Waals surface area contributed by atoms with Gasteiger partial charge in [-0.05, 0) is 49.1 Å². The highest BCUT2D eigenvalue weighted by Crippen LogP contribution is 2.16. The Kier molecular flexibility index (Phi) is 3.93. The summed E-state index contributed by atoms with van der Waals surface area (Å²) in [4.78, 5) is 0. The van der Waals surface area contributed by atoms with Crippen molar-refractivity contribution in [1.29, 1.82) is 0 Å². The average Bonchev–Trinajstić information content (AvgIpc) is 2.46. The summed E-state index contributed by atoms with van der Waals surface area (Å²) in [5.74, 6) is 0. The topological polar surface area (TPSA) is 20.2 Å². The second kappa shape index (κ2) is 5.84. The minimum absolute atomic E-state index is 0.252. The molecule has 1 nitrogen and oxygen atoms in total. The van der Waals surface area contributed by atoms with Crippen LogP contribution < -0.4 is 5.46 Å². The first-order chi connectivity index (χ1) is 9.72. The molecule has 1 heterocycles. The largest absolute Gasteiger partial charge is 0.446 e. The fourth-order valence-corrected chi connectivity index (χ4v) is 3.14. The second-order valence-electron chi connectivity index (χ2n) is 5.93. The van der Waals surface area contributed by atoms with Gasteiger partial charge in [0.05, 0.1) is 0 Å². The van der Waals surface area contributed by atoms with Gasteiger partial charge in [0.2, 0.25) is 0 Å². The molecule has 0 atom stereocenters. The third-order valence-corrected chi connectivity index (χ3v) is 4.28. The average molecular weight is 264 g/mol. The number of hydrogen-bond acceptors (Lipinski definition) is 1. The van der Waals surface area contributed by atoms with Gasteiger partial charge in [0.1, 0.15) is 0 Å². The highest BCUT2D eigenvalue weighted by molar-refractivity contribution is 6.67. The summed E-state index contributed by atoms with van der Waals surface area (Å²) in [6.45, 7) is 1.89. The van der Waals surface area contributed by atoms with Crippen molar-refractivity contribution in [2.24, 2.45) is 0 Å². The van der Waals surface area contributed by atoms with Gasteiger partial charge in [-0.25, -0.2) is 0 Å². The van der Waals surface area contributed by atoms with Crippen molar-refractivity contribution in [3.63, 3.8) is 0 Å². The third-order valence-electron chi connectivity index (χ3n) is 4.28. The molecule has 1 N–H and O–H groups in total. The number of aryl methyl sites for hydroxylation is 4. The Labute approximate surface area is 121 Å². The van der Waals surface area contributed by atoms with Crippen LogP contribution >= 0.6 is 0 Å². The van der Waals surface area contributed by atoms with Crippen molar-refractivity contribution in [1.82, 2.24) is 0 Å². The van der Waals surface area contributed by atoms with E-state index < -0.39 is 0 Å². The van der Waals surface area contributed by atoms with E-state index in [1.807, 2.05) is 0 Å². The first kappa shape index (κ1) is 13.4. The van der Waals surface area contributed by atoms with Crippen LogP contribution in [0.3, 0.4) is 0 Å². The normalized spacial score (nSPS) is 14.2. The summed E-state index contributed by atoms with van der Waals surface area (Å²) in [6, 6.07) is 15.4. The standard InChI is InChI=1S/C18H21BO/c1-14-4-2-5-15(12-14)7-8-16-9-10-17-6-3-11-19(20)18(17)13-16/h2,4-5,9-10,12-13,20H,3,6-8,11H2,1H3. The van der Waals surface area contributed by atoms with Crippen LogP contribution in [0.25, 0.3) is 0 Å². The lowest BCUT2D eigenvalue weighted by Crippen LogP contribution is -2.36. The fraction of sp³-hybridized carbons (Fsp3) is 0.333. The Bertz CT molecular complexity index is 606. The molecule has 2 aromatic carbocycles. The van der Waals surface area contributed by atoms with E-state index in [0.717, 1.165) is 37.5 Å². The van der Waals surface area contributed by atoms with Gasteiger partial charge in [0.15, 0.2) is 0 Å². The molecule has 2 heteroatoms. The molecule has 0 bridgehead atoms. The zero-order valence-corrected chi connectivity index (χ0v) is 12.1. The number of rotatable bonds is 3. The molecule has 0 aromatic heterocycles. The maximum Gasteiger partial charge on any atom is 0.323 e. The van der Waals surface area contributed by atoms with Crippen LogP contribution in [0.2, 0.25) is 6.32 Å². The van der Waals surface area contributed by atoms with Gasteiger partial charge in [-0.3, -0.25) is 0 Å². The quantitative estimate of drug-likeness (QED) is 0.845. The summed E-state index contributed by atoms with van der Waals surface area (Å²) in [5, 5.41) is 10.1. The summed E-state index contributed by atoms with van der Waals surface area (Å²) < 4.78 is 0. The smallest absolute Gasteiger partial charge is 0.323 e. The minimum Gasteiger partial charge on any atom is -0.446 e. The van der Waals surface area contributed by atoms with Gasteiger partial charge >= 0.3 is 6.92 Å². The van der Waals surface area contributed by atoms with E-state index in [-0.39, 0.29) is 6.92 Å². The SMILES string of the molecule is Cc1cccc(CCc2ccc3c(c2)B(O)CCC3)c1. The predicted molar refractivity (Wildman–Crippen MR) is 85.8 cm³/mol. The Balaban J connectivity index is 1.73. The van der Waals surface area contributed by atoms with Crippen LogP contribution in [0.5, 0.6) is 0 Å². The van der Waals surface area contributed by atoms with Crippen LogP contribution in [0.1, 0.15) is 28.7 Å². The van der Waals surface area contributed by atoms with Crippen LogP contribution in [0.4, 0.5) is 0 Å². The fourth-order valence-electron chi connectivity index (χ4n) is 3.14. The molecule has 0 saturated heterocycles. The molecule has 0 unspecified atom stereocenters. The molecule has 1 aliphatic heterocycles. The van der Waals surface area contributed by atoms with Crippen LogP contribution in [0.15, 0.2) is 42.5 Å². The third kappa shape index (κ3) is 2.96. The van der Waals surface area contributed by atoms with E-state index >= 15 is 0 Å². The van der Waals surface area contributed by atoms with E-state index in [4.69, 9.17) is 0 Å². The zero-order valence-electron chi connectivity index (χ0n) is 12.1. The van der Waals surface area contributed by atoms with Gasteiger partial charge in [-0.1, -0.05) is 60.0 Å². The Hall–Kier alpha value is -1.54. The number of benzene rings is 2.